The Bertz CT molecular complexity index is 362. The zero-order valence-corrected chi connectivity index (χ0v) is 10.6. The van der Waals surface area contributed by atoms with Crippen molar-refractivity contribution in [2.24, 2.45) is 0 Å². The molecule has 2 unspecified atom stereocenters. The SMILES string of the molecule is COc1ccc(Cl)cc1C(Cl)C1CCCO1. The molecule has 2 rings (SSSR count). The van der Waals surface area contributed by atoms with Gasteiger partial charge in [-0.2, -0.15) is 0 Å². The number of halogens is 2. The zero-order valence-electron chi connectivity index (χ0n) is 9.08. The van der Waals surface area contributed by atoms with Crippen LogP contribution in [0, 0.1) is 0 Å². The fourth-order valence-electron chi connectivity index (χ4n) is 1.95. The maximum atomic E-state index is 6.40. The number of methoxy groups -OCH3 is 1. The largest absolute Gasteiger partial charge is 0.496 e. The van der Waals surface area contributed by atoms with Gasteiger partial charge in [0.2, 0.25) is 0 Å². The lowest BCUT2D eigenvalue weighted by Gasteiger charge is -2.19. The summed E-state index contributed by atoms with van der Waals surface area (Å²) in [5.74, 6) is 0.764. The number of hydrogen-bond acceptors (Lipinski definition) is 2. The number of alkyl halides is 1. The van der Waals surface area contributed by atoms with Crippen molar-refractivity contribution in [2.75, 3.05) is 13.7 Å². The molecule has 88 valence electrons. The molecule has 1 aliphatic rings. The van der Waals surface area contributed by atoms with E-state index in [0.717, 1.165) is 30.8 Å². The van der Waals surface area contributed by atoms with Crippen molar-refractivity contribution < 1.29 is 9.47 Å². The molecule has 2 nitrogen and oxygen atoms in total. The Morgan fingerprint density at radius 1 is 1.50 bits per heavy atom. The van der Waals surface area contributed by atoms with Crippen LogP contribution in [0.1, 0.15) is 23.8 Å². The van der Waals surface area contributed by atoms with Crippen LogP contribution in [0.2, 0.25) is 5.02 Å². The third-order valence-electron chi connectivity index (χ3n) is 2.78. The molecule has 16 heavy (non-hydrogen) atoms. The highest BCUT2D eigenvalue weighted by Gasteiger charge is 2.27. The maximum absolute atomic E-state index is 6.40. The fourth-order valence-corrected chi connectivity index (χ4v) is 2.50. The summed E-state index contributed by atoms with van der Waals surface area (Å²) >= 11 is 12.4. The topological polar surface area (TPSA) is 18.5 Å². The molecule has 1 saturated heterocycles. The Morgan fingerprint density at radius 2 is 2.31 bits per heavy atom. The minimum atomic E-state index is -0.198. The van der Waals surface area contributed by atoms with Gasteiger partial charge in [-0.1, -0.05) is 11.6 Å². The van der Waals surface area contributed by atoms with Crippen molar-refractivity contribution in [2.45, 2.75) is 24.3 Å². The van der Waals surface area contributed by atoms with Gasteiger partial charge in [-0.3, -0.25) is 0 Å². The van der Waals surface area contributed by atoms with E-state index < -0.39 is 0 Å². The maximum Gasteiger partial charge on any atom is 0.123 e. The van der Waals surface area contributed by atoms with E-state index >= 15 is 0 Å². The summed E-state index contributed by atoms with van der Waals surface area (Å²) in [6.45, 7) is 0.788. The lowest BCUT2D eigenvalue weighted by molar-refractivity contribution is 0.107. The molecule has 1 aromatic carbocycles. The van der Waals surface area contributed by atoms with Crippen molar-refractivity contribution in [3.05, 3.63) is 28.8 Å². The smallest absolute Gasteiger partial charge is 0.123 e. The summed E-state index contributed by atoms with van der Waals surface area (Å²) in [7, 11) is 1.63. The summed E-state index contributed by atoms with van der Waals surface area (Å²) in [6.07, 6.45) is 2.12. The van der Waals surface area contributed by atoms with Crippen LogP contribution in [-0.4, -0.2) is 19.8 Å². The van der Waals surface area contributed by atoms with Crippen LogP contribution < -0.4 is 4.74 Å². The van der Waals surface area contributed by atoms with Gasteiger partial charge in [-0.15, -0.1) is 11.6 Å². The van der Waals surface area contributed by atoms with E-state index in [-0.39, 0.29) is 11.5 Å². The standard InChI is InChI=1S/C12H14Cl2O2/c1-15-10-5-4-8(13)7-9(10)12(14)11-3-2-6-16-11/h4-5,7,11-12H,2-3,6H2,1H3. The van der Waals surface area contributed by atoms with Crippen molar-refractivity contribution >= 4 is 23.2 Å². The Hall–Kier alpha value is -0.440. The van der Waals surface area contributed by atoms with Crippen molar-refractivity contribution in [3.63, 3.8) is 0 Å². The molecule has 1 aromatic rings. The van der Waals surface area contributed by atoms with Crippen LogP contribution in [0.3, 0.4) is 0 Å². The van der Waals surface area contributed by atoms with Crippen molar-refractivity contribution in [1.82, 2.24) is 0 Å². The molecule has 0 radical (unpaired) electrons. The van der Waals surface area contributed by atoms with Gasteiger partial charge in [0, 0.05) is 17.2 Å². The Balaban J connectivity index is 2.26. The highest BCUT2D eigenvalue weighted by atomic mass is 35.5. The average Bonchev–Trinajstić information content (AvgIpc) is 2.81. The molecule has 2 atom stereocenters. The van der Waals surface area contributed by atoms with Crippen LogP contribution in [-0.2, 0) is 4.74 Å². The lowest BCUT2D eigenvalue weighted by Crippen LogP contribution is -2.13. The molecule has 0 aromatic heterocycles. The van der Waals surface area contributed by atoms with Crippen LogP contribution >= 0.6 is 23.2 Å². The van der Waals surface area contributed by atoms with Gasteiger partial charge >= 0.3 is 0 Å². The molecule has 0 N–H and O–H groups in total. The Morgan fingerprint density at radius 3 is 2.94 bits per heavy atom. The van der Waals surface area contributed by atoms with Crippen LogP contribution in [0.25, 0.3) is 0 Å². The van der Waals surface area contributed by atoms with E-state index in [1.165, 1.54) is 0 Å². The fraction of sp³-hybridized carbons (Fsp3) is 0.500. The number of ether oxygens (including phenoxy) is 2. The summed E-state index contributed by atoms with van der Waals surface area (Å²) in [6, 6.07) is 5.48. The zero-order chi connectivity index (χ0) is 11.5. The second-order valence-electron chi connectivity index (χ2n) is 3.84. The van der Waals surface area contributed by atoms with Gasteiger partial charge in [-0.05, 0) is 31.0 Å². The van der Waals surface area contributed by atoms with E-state index in [1.807, 2.05) is 12.1 Å². The molecule has 0 bridgehead atoms. The molecule has 0 aliphatic carbocycles. The van der Waals surface area contributed by atoms with Crippen molar-refractivity contribution in [1.29, 1.82) is 0 Å². The highest BCUT2D eigenvalue weighted by Crippen LogP contribution is 2.38. The summed E-state index contributed by atoms with van der Waals surface area (Å²) in [4.78, 5) is 0. The first kappa shape index (κ1) is 12.0. The quantitative estimate of drug-likeness (QED) is 0.770. The Kier molecular flexibility index (Phi) is 3.95. The number of benzene rings is 1. The number of hydrogen-bond donors (Lipinski definition) is 0. The summed E-state index contributed by atoms with van der Waals surface area (Å²) in [5, 5.41) is 0.468. The normalized spacial score (nSPS) is 22.1. The van der Waals surface area contributed by atoms with Gasteiger partial charge in [0.25, 0.3) is 0 Å². The van der Waals surface area contributed by atoms with E-state index in [1.54, 1.807) is 13.2 Å². The van der Waals surface area contributed by atoms with Gasteiger partial charge in [-0.25, -0.2) is 0 Å². The minimum Gasteiger partial charge on any atom is -0.496 e. The molecule has 0 spiro atoms. The second-order valence-corrected chi connectivity index (χ2v) is 4.75. The highest BCUT2D eigenvalue weighted by molar-refractivity contribution is 6.31. The van der Waals surface area contributed by atoms with Gasteiger partial charge in [0.1, 0.15) is 5.75 Å². The van der Waals surface area contributed by atoms with Crippen LogP contribution in [0.15, 0.2) is 18.2 Å². The summed E-state index contributed by atoms with van der Waals surface area (Å²) < 4.78 is 10.9. The molecule has 1 heterocycles. The molecule has 4 heteroatoms. The third-order valence-corrected chi connectivity index (χ3v) is 3.53. The van der Waals surface area contributed by atoms with Gasteiger partial charge < -0.3 is 9.47 Å². The first-order chi connectivity index (χ1) is 7.72. The van der Waals surface area contributed by atoms with Crippen molar-refractivity contribution in [3.8, 4) is 5.75 Å². The van der Waals surface area contributed by atoms with Gasteiger partial charge in [0.15, 0.2) is 0 Å². The molecule has 1 aliphatic heterocycles. The molecule has 1 fully saturated rings. The third kappa shape index (κ3) is 2.45. The lowest BCUT2D eigenvalue weighted by atomic mass is 10.0. The van der Waals surface area contributed by atoms with E-state index in [4.69, 9.17) is 32.7 Å². The first-order valence-electron chi connectivity index (χ1n) is 5.31. The predicted molar refractivity (Wildman–Crippen MR) is 65.6 cm³/mol. The van der Waals surface area contributed by atoms with Gasteiger partial charge in [0.05, 0.1) is 18.6 Å². The first-order valence-corrected chi connectivity index (χ1v) is 6.13. The molecular formula is C12H14Cl2O2. The Labute approximate surface area is 105 Å². The molecule has 0 saturated carbocycles. The monoisotopic (exact) mass is 260 g/mol. The predicted octanol–water partition coefficient (Wildman–Crippen LogP) is 3.81. The molecule has 0 amide bonds. The van der Waals surface area contributed by atoms with Crippen LogP contribution in [0.5, 0.6) is 5.75 Å². The second kappa shape index (κ2) is 5.26. The van der Waals surface area contributed by atoms with E-state index in [2.05, 4.69) is 0 Å². The minimum absolute atomic E-state index is 0.0639. The average molecular weight is 261 g/mol. The van der Waals surface area contributed by atoms with E-state index in [9.17, 15) is 0 Å². The van der Waals surface area contributed by atoms with E-state index in [0.29, 0.717) is 5.02 Å². The summed E-state index contributed by atoms with van der Waals surface area (Å²) in [5.41, 5.74) is 0.906. The molecular weight excluding hydrogens is 247 g/mol. The van der Waals surface area contributed by atoms with Crippen LogP contribution in [0.4, 0.5) is 0 Å². The number of rotatable bonds is 3.